The van der Waals surface area contributed by atoms with Crippen LogP contribution in [0.2, 0.25) is 0 Å². The number of aromatic hydroxyl groups is 1. The molecule has 0 bridgehead atoms. The number of phenolic OH excluding ortho intramolecular Hbond substituents is 1. The van der Waals surface area contributed by atoms with Crippen molar-refractivity contribution in [2.24, 2.45) is 0 Å². The topological polar surface area (TPSA) is 44.7 Å². The molecule has 1 heterocycles. The molecule has 0 amide bonds. The molecule has 0 saturated carbocycles. The van der Waals surface area contributed by atoms with Gasteiger partial charge in [-0.05, 0) is 47.5 Å². The van der Waals surface area contributed by atoms with E-state index >= 15 is 0 Å². The van der Waals surface area contributed by atoms with Crippen LogP contribution in [-0.2, 0) is 6.54 Å². The first-order valence-electron chi connectivity index (χ1n) is 6.45. The molecule has 19 heavy (non-hydrogen) atoms. The summed E-state index contributed by atoms with van der Waals surface area (Å²) in [5.74, 6) is 0.670. The van der Waals surface area contributed by atoms with E-state index in [9.17, 15) is 5.11 Å². The van der Waals surface area contributed by atoms with Gasteiger partial charge in [-0.2, -0.15) is 0 Å². The first-order valence-corrected chi connectivity index (χ1v) is 7.24. The van der Waals surface area contributed by atoms with Crippen molar-refractivity contribution in [3.05, 3.63) is 22.2 Å². The summed E-state index contributed by atoms with van der Waals surface area (Å²) in [4.78, 5) is 2.45. The van der Waals surface area contributed by atoms with Gasteiger partial charge in [0, 0.05) is 31.7 Å². The molecule has 1 aromatic carbocycles. The highest BCUT2D eigenvalue weighted by Gasteiger charge is 2.29. The molecular formula is C14H21BrN2O2. The highest BCUT2D eigenvalue weighted by Crippen LogP contribution is 2.36. The average Bonchev–Trinajstić information content (AvgIpc) is 2.36. The fourth-order valence-corrected chi connectivity index (χ4v) is 2.90. The molecule has 2 rings (SSSR count). The van der Waals surface area contributed by atoms with Crippen LogP contribution in [0.1, 0.15) is 19.4 Å². The fraction of sp³-hybridized carbons (Fsp3) is 0.571. The molecule has 1 aliphatic heterocycles. The number of halogens is 1. The van der Waals surface area contributed by atoms with Crippen molar-refractivity contribution in [1.29, 1.82) is 0 Å². The number of benzene rings is 1. The average molecular weight is 329 g/mol. The van der Waals surface area contributed by atoms with Crippen LogP contribution in [-0.4, -0.2) is 42.3 Å². The number of nitrogens with zero attached hydrogens (tertiary/aromatic N) is 1. The maximum Gasteiger partial charge on any atom is 0.172 e. The fourth-order valence-electron chi connectivity index (χ4n) is 2.41. The summed E-state index contributed by atoms with van der Waals surface area (Å²) in [6.07, 6.45) is 0. The summed E-state index contributed by atoms with van der Waals surface area (Å²) in [6, 6.07) is 3.86. The summed E-state index contributed by atoms with van der Waals surface area (Å²) in [7, 11) is 1.57. The Bertz CT molecular complexity index is 463. The Morgan fingerprint density at radius 2 is 2.21 bits per heavy atom. The molecule has 0 spiro atoms. The largest absolute Gasteiger partial charge is 0.503 e. The van der Waals surface area contributed by atoms with Crippen LogP contribution in [0.5, 0.6) is 11.5 Å². The van der Waals surface area contributed by atoms with Crippen molar-refractivity contribution in [3.63, 3.8) is 0 Å². The van der Waals surface area contributed by atoms with E-state index in [-0.39, 0.29) is 11.3 Å². The SMILES string of the molecule is COc1cc(CN2CCNCC2(C)C)cc(Br)c1O. The second kappa shape index (κ2) is 5.69. The van der Waals surface area contributed by atoms with E-state index in [1.807, 2.05) is 12.1 Å². The maximum absolute atomic E-state index is 9.84. The van der Waals surface area contributed by atoms with Crippen molar-refractivity contribution >= 4 is 15.9 Å². The molecule has 1 aliphatic rings. The highest BCUT2D eigenvalue weighted by atomic mass is 79.9. The van der Waals surface area contributed by atoms with Crippen LogP contribution < -0.4 is 10.1 Å². The molecule has 106 valence electrons. The van der Waals surface area contributed by atoms with E-state index in [0.717, 1.165) is 31.7 Å². The normalized spacial score (nSPS) is 19.4. The summed E-state index contributed by atoms with van der Waals surface area (Å²) in [6.45, 7) is 8.36. The molecule has 1 fully saturated rings. The Labute approximate surface area is 122 Å². The van der Waals surface area contributed by atoms with Gasteiger partial charge in [-0.3, -0.25) is 4.90 Å². The van der Waals surface area contributed by atoms with Crippen LogP contribution in [0.15, 0.2) is 16.6 Å². The van der Waals surface area contributed by atoms with E-state index < -0.39 is 0 Å². The van der Waals surface area contributed by atoms with Crippen molar-refractivity contribution in [2.75, 3.05) is 26.7 Å². The summed E-state index contributed by atoms with van der Waals surface area (Å²) < 4.78 is 5.87. The monoisotopic (exact) mass is 328 g/mol. The number of hydrogen-bond acceptors (Lipinski definition) is 4. The molecule has 0 aliphatic carbocycles. The Kier molecular flexibility index (Phi) is 4.38. The molecule has 4 nitrogen and oxygen atoms in total. The molecule has 0 radical (unpaired) electrons. The zero-order valence-corrected chi connectivity index (χ0v) is 13.2. The van der Waals surface area contributed by atoms with Crippen molar-refractivity contribution in [2.45, 2.75) is 25.9 Å². The van der Waals surface area contributed by atoms with E-state index in [2.05, 4.69) is 40.0 Å². The Morgan fingerprint density at radius 3 is 2.84 bits per heavy atom. The lowest BCUT2D eigenvalue weighted by Crippen LogP contribution is -2.57. The lowest BCUT2D eigenvalue weighted by molar-refractivity contribution is 0.0826. The van der Waals surface area contributed by atoms with Crippen molar-refractivity contribution < 1.29 is 9.84 Å². The third-order valence-corrected chi connectivity index (χ3v) is 4.26. The molecule has 5 heteroatoms. The Morgan fingerprint density at radius 1 is 1.47 bits per heavy atom. The van der Waals surface area contributed by atoms with E-state index in [4.69, 9.17) is 4.74 Å². The number of hydrogen-bond donors (Lipinski definition) is 2. The molecule has 0 unspecified atom stereocenters. The minimum atomic E-state index is 0.135. The van der Waals surface area contributed by atoms with Crippen LogP contribution >= 0.6 is 15.9 Å². The second-order valence-electron chi connectivity index (χ2n) is 5.54. The van der Waals surface area contributed by atoms with Gasteiger partial charge >= 0.3 is 0 Å². The zero-order valence-electron chi connectivity index (χ0n) is 11.7. The predicted molar refractivity (Wildman–Crippen MR) is 79.7 cm³/mol. The minimum absolute atomic E-state index is 0.135. The summed E-state index contributed by atoms with van der Waals surface area (Å²) in [5.41, 5.74) is 1.27. The van der Waals surface area contributed by atoms with Gasteiger partial charge in [-0.1, -0.05) is 0 Å². The summed E-state index contributed by atoms with van der Waals surface area (Å²) >= 11 is 3.37. The van der Waals surface area contributed by atoms with E-state index in [0.29, 0.717) is 10.2 Å². The Balaban J connectivity index is 2.21. The molecule has 0 aromatic heterocycles. The van der Waals surface area contributed by atoms with E-state index in [1.54, 1.807) is 7.11 Å². The van der Waals surface area contributed by atoms with Gasteiger partial charge in [0.1, 0.15) is 0 Å². The lowest BCUT2D eigenvalue weighted by atomic mass is 9.99. The van der Waals surface area contributed by atoms with Crippen LogP contribution in [0.4, 0.5) is 0 Å². The Hall–Kier alpha value is -0.780. The number of ether oxygens (including phenoxy) is 1. The lowest BCUT2D eigenvalue weighted by Gasteiger charge is -2.43. The quantitative estimate of drug-likeness (QED) is 0.894. The minimum Gasteiger partial charge on any atom is -0.503 e. The molecule has 1 aromatic rings. The number of methoxy groups -OCH3 is 1. The molecular weight excluding hydrogens is 308 g/mol. The van der Waals surface area contributed by atoms with Crippen LogP contribution in [0.3, 0.4) is 0 Å². The molecule has 0 atom stereocenters. The third-order valence-electron chi connectivity index (χ3n) is 3.65. The van der Waals surface area contributed by atoms with Gasteiger partial charge < -0.3 is 15.2 Å². The van der Waals surface area contributed by atoms with Gasteiger partial charge in [0.2, 0.25) is 0 Å². The van der Waals surface area contributed by atoms with Crippen molar-refractivity contribution in [3.8, 4) is 11.5 Å². The standard InChI is InChI=1S/C14H21BrN2O2/c1-14(2)9-16-4-5-17(14)8-10-6-11(15)13(18)12(7-10)19-3/h6-7,16,18H,4-5,8-9H2,1-3H3. The van der Waals surface area contributed by atoms with Gasteiger partial charge in [-0.25, -0.2) is 0 Å². The first kappa shape index (κ1) is 14.6. The van der Waals surface area contributed by atoms with Crippen LogP contribution in [0.25, 0.3) is 0 Å². The number of piperazine rings is 1. The number of rotatable bonds is 3. The highest BCUT2D eigenvalue weighted by molar-refractivity contribution is 9.10. The zero-order chi connectivity index (χ0) is 14.0. The van der Waals surface area contributed by atoms with Gasteiger partial charge in [0.05, 0.1) is 11.6 Å². The van der Waals surface area contributed by atoms with Crippen LogP contribution in [0, 0.1) is 0 Å². The number of phenols is 1. The first-order chi connectivity index (χ1) is 8.94. The smallest absolute Gasteiger partial charge is 0.172 e. The van der Waals surface area contributed by atoms with Gasteiger partial charge in [-0.15, -0.1) is 0 Å². The molecule has 1 saturated heterocycles. The predicted octanol–water partition coefficient (Wildman–Crippen LogP) is 2.35. The van der Waals surface area contributed by atoms with E-state index in [1.165, 1.54) is 0 Å². The summed E-state index contributed by atoms with van der Waals surface area (Å²) in [5, 5.41) is 13.3. The van der Waals surface area contributed by atoms with Gasteiger partial charge in [0.15, 0.2) is 11.5 Å². The number of nitrogens with one attached hydrogen (secondary N) is 1. The molecule has 2 N–H and O–H groups in total. The second-order valence-corrected chi connectivity index (χ2v) is 6.39. The maximum atomic E-state index is 9.84. The third kappa shape index (κ3) is 3.22. The van der Waals surface area contributed by atoms with Gasteiger partial charge in [0.25, 0.3) is 0 Å². The van der Waals surface area contributed by atoms with Crippen molar-refractivity contribution in [1.82, 2.24) is 10.2 Å².